The Morgan fingerprint density at radius 3 is 2.77 bits per heavy atom. The number of aryl methyl sites for hydroxylation is 1. The minimum Gasteiger partial charge on any atom is -0.495 e. The van der Waals surface area contributed by atoms with Gasteiger partial charge >= 0.3 is 5.97 Å². The van der Waals surface area contributed by atoms with Crippen molar-refractivity contribution >= 4 is 40.2 Å². The monoisotopic (exact) mass is 388 g/mol. The zero-order chi connectivity index (χ0) is 18.5. The lowest BCUT2D eigenvalue weighted by Crippen LogP contribution is -2.21. The fourth-order valence-corrected chi connectivity index (χ4v) is 3.90. The van der Waals surface area contributed by atoms with Gasteiger partial charge in [-0.3, -0.25) is 4.79 Å². The van der Waals surface area contributed by atoms with Gasteiger partial charge in [0.25, 0.3) is 5.91 Å². The van der Waals surface area contributed by atoms with Crippen molar-refractivity contribution in [3.05, 3.63) is 51.7 Å². The Hall–Kier alpha value is -2.71. The second kappa shape index (κ2) is 8.11. The summed E-state index contributed by atoms with van der Waals surface area (Å²) in [6, 6.07) is 8.95. The molecular formula is C18H16N2O4S2. The van der Waals surface area contributed by atoms with Crippen LogP contribution in [0.1, 0.15) is 15.4 Å². The van der Waals surface area contributed by atoms with E-state index in [0.717, 1.165) is 10.6 Å². The van der Waals surface area contributed by atoms with E-state index in [4.69, 9.17) is 9.47 Å². The van der Waals surface area contributed by atoms with Crippen molar-refractivity contribution in [2.24, 2.45) is 0 Å². The predicted octanol–water partition coefficient (Wildman–Crippen LogP) is 3.98. The van der Waals surface area contributed by atoms with E-state index < -0.39 is 11.9 Å². The second-order valence-corrected chi connectivity index (χ2v) is 7.05. The molecule has 1 amide bonds. The summed E-state index contributed by atoms with van der Waals surface area (Å²) in [5.74, 6) is -0.467. The first-order valence-electron chi connectivity index (χ1n) is 7.68. The average Bonchev–Trinajstić information content (AvgIpc) is 3.29. The van der Waals surface area contributed by atoms with E-state index in [1.807, 2.05) is 16.8 Å². The van der Waals surface area contributed by atoms with Gasteiger partial charge in [-0.05, 0) is 30.5 Å². The minimum absolute atomic E-state index is 0.387. The highest BCUT2D eigenvalue weighted by atomic mass is 32.1. The minimum atomic E-state index is -0.559. The van der Waals surface area contributed by atoms with Crippen molar-refractivity contribution < 1.29 is 19.1 Å². The molecule has 0 aliphatic heterocycles. The Morgan fingerprint density at radius 2 is 2.04 bits per heavy atom. The first-order chi connectivity index (χ1) is 12.6. The van der Waals surface area contributed by atoms with Crippen molar-refractivity contribution in [2.75, 3.05) is 19.0 Å². The van der Waals surface area contributed by atoms with Crippen molar-refractivity contribution in [3.63, 3.8) is 0 Å². The number of methoxy groups -OCH3 is 1. The highest BCUT2D eigenvalue weighted by Gasteiger charge is 2.19. The molecule has 6 nitrogen and oxygen atoms in total. The Labute approximate surface area is 158 Å². The van der Waals surface area contributed by atoms with Crippen LogP contribution in [0.25, 0.3) is 10.6 Å². The van der Waals surface area contributed by atoms with Crippen LogP contribution in [0.3, 0.4) is 0 Å². The van der Waals surface area contributed by atoms with Gasteiger partial charge in [0.1, 0.15) is 15.6 Å². The van der Waals surface area contributed by atoms with Crippen LogP contribution in [0.4, 0.5) is 5.69 Å². The van der Waals surface area contributed by atoms with Crippen LogP contribution in [-0.2, 0) is 9.53 Å². The number of thiazole rings is 1. The number of hydrogen-bond donors (Lipinski definition) is 1. The molecule has 1 aromatic carbocycles. The summed E-state index contributed by atoms with van der Waals surface area (Å²) >= 11 is 2.82. The lowest BCUT2D eigenvalue weighted by Gasteiger charge is -2.09. The Morgan fingerprint density at radius 1 is 1.23 bits per heavy atom. The number of anilines is 1. The summed E-state index contributed by atoms with van der Waals surface area (Å²) in [5, 5.41) is 7.33. The summed E-state index contributed by atoms with van der Waals surface area (Å²) in [5.41, 5.74) is 2.08. The SMILES string of the molecule is COc1ccccc1NC(=O)COC(=O)c1sc(-c2ccsc2)nc1C. The number of amides is 1. The smallest absolute Gasteiger partial charge is 0.350 e. The predicted molar refractivity (Wildman–Crippen MR) is 102 cm³/mol. The van der Waals surface area contributed by atoms with E-state index in [1.165, 1.54) is 18.4 Å². The number of benzene rings is 1. The largest absolute Gasteiger partial charge is 0.495 e. The Kier molecular flexibility index (Phi) is 5.65. The summed E-state index contributed by atoms with van der Waals surface area (Å²) in [6.07, 6.45) is 0. The number of esters is 1. The molecule has 2 aromatic heterocycles. The third-order valence-corrected chi connectivity index (χ3v) is 5.34. The van der Waals surface area contributed by atoms with Crippen molar-refractivity contribution in [3.8, 4) is 16.3 Å². The lowest BCUT2D eigenvalue weighted by atomic mass is 10.3. The highest BCUT2D eigenvalue weighted by Crippen LogP contribution is 2.29. The highest BCUT2D eigenvalue weighted by molar-refractivity contribution is 7.17. The maximum Gasteiger partial charge on any atom is 0.350 e. The van der Waals surface area contributed by atoms with Crippen molar-refractivity contribution in [1.82, 2.24) is 4.98 Å². The van der Waals surface area contributed by atoms with Crippen LogP contribution in [0, 0.1) is 6.92 Å². The van der Waals surface area contributed by atoms with Crippen LogP contribution >= 0.6 is 22.7 Å². The zero-order valence-electron chi connectivity index (χ0n) is 14.1. The Bertz CT molecular complexity index is 919. The molecule has 0 aliphatic carbocycles. The van der Waals surface area contributed by atoms with Gasteiger partial charge in [0, 0.05) is 10.9 Å². The number of thiophene rings is 1. The molecule has 2 heterocycles. The first kappa shape index (κ1) is 18.1. The zero-order valence-corrected chi connectivity index (χ0v) is 15.8. The van der Waals surface area contributed by atoms with Gasteiger partial charge < -0.3 is 14.8 Å². The molecule has 3 rings (SSSR count). The number of nitrogens with zero attached hydrogens (tertiary/aromatic N) is 1. The van der Waals surface area contributed by atoms with E-state index in [0.29, 0.717) is 22.0 Å². The summed E-state index contributed by atoms with van der Waals surface area (Å²) < 4.78 is 10.3. The van der Waals surface area contributed by atoms with Gasteiger partial charge in [-0.15, -0.1) is 11.3 Å². The fraction of sp³-hybridized carbons (Fsp3) is 0.167. The molecule has 0 atom stereocenters. The number of para-hydroxylation sites is 2. The van der Waals surface area contributed by atoms with Gasteiger partial charge in [0.15, 0.2) is 6.61 Å². The molecular weight excluding hydrogens is 372 g/mol. The lowest BCUT2D eigenvalue weighted by molar-refractivity contribution is -0.119. The Balaban J connectivity index is 1.61. The molecule has 0 aliphatic rings. The summed E-state index contributed by atoms with van der Waals surface area (Å²) in [7, 11) is 1.52. The number of carbonyl (C=O) groups excluding carboxylic acids is 2. The molecule has 134 valence electrons. The molecule has 3 aromatic rings. The third kappa shape index (κ3) is 4.09. The standard InChI is InChI=1S/C18H16N2O4S2/c1-11-16(26-17(19-11)12-7-8-25-10-12)18(22)24-9-15(21)20-13-5-3-4-6-14(13)23-2/h3-8,10H,9H2,1-2H3,(H,20,21). The normalized spacial score (nSPS) is 10.4. The van der Waals surface area contributed by atoms with E-state index in [2.05, 4.69) is 10.3 Å². The fourth-order valence-electron chi connectivity index (χ4n) is 2.23. The molecule has 0 unspecified atom stereocenters. The van der Waals surface area contributed by atoms with Crippen molar-refractivity contribution in [1.29, 1.82) is 0 Å². The average molecular weight is 388 g/mol. The van der Waals surface area contributed by atoms with Gasteiger partial charge in [-0.2, -0.15) is 11.3 Å². The number of hydrogen-bond acceptors (Lipinski definition) is 7. The van der Waals surface area contributed by atoms with Gasteiger partial charge in [0.2, 0.25) is 0 Å². The first-order valence-corrected chi connectivity index (χ1v) is 9.44. The molecule has 0 saturated carbocycles. The van der Waals surface area contributed by atoms with Crippen molar-refractivity contribution in [2.45, 2.75) is 6.92 Å². The molecule has 0 bridgehead atoms. The molecule has 1 N–H and O–H groups in total. The van der Waals surface area contributed by atoms with E-state index in [-0.39, 0.29) is 6.61 Å². The van der Waals surface area contributed by atoms with Crippen LogP contribution in [0.15, 0.2) is 41.1 Å². The molecule has 0 fully saturated rings. The molecule has 8 heteroatoms. The van der Waals surface area contributed by atoms with E-state index in [1.54, 1.807) is 42.5 Å². The number of rotatable bonds is 6. The van der Waals surface area contributed by atoms with Crippen LogP contribution in [0.2, 0.25) is 0 Å². The van der Waals surface area contributed by atoms with Gasteiger partial charge in [-0.25, -0.2) is 9.78 Å². The number of carbonyl (C=O) groups is 2. The third-order valence-electron chi connectivity index (χ3n) is 3.47. The molecule has 0 saturated heterocycles. The number of nitrogens with one attached hydrogen (secondary N) is 1. The maximum atomic E-state index is 12.3. The van der Waals surface area contributed by atoms with Crippen LogP contribution in [-0.4, -0.2) is 30.6 Å². The molecule has 26 heavy (non-hydrogen) atoms. The number of aromatic nitrogens is 1. The van der Waals surface area contributed by atoms with E-state index in [9.17, 15) is 9.59 Å². The summed E-state index contributed by atoms with van der Waals surface area (Å²) in [4.78, 5) is 29.1. The van der Waals surface area contributed by atoms with Gasteiger partial charge in [-0.1, -0.05) is 12.1 Å². The summed E-state index contributed by atoms with van der Waals surface area (Å²) in [6.45, 7) is 1.36. The quantitative estimate of drug-likeness (QED) is 0.646. The van der Waals surface area contributed by atoms with Crippen LogP contribution in [0.5, 0.6) is 5.75 Å². The topological polar surface area (TPSA) is 77.5 Å². The molecule has 0 radical (unpaired) electrons. The maximum absolute atomic E-state index is 12.3. The second-order valence-electron chi connectivity index (χ2n) is 5.27. The number of ether oxygens (including phenoxy) is 2. The van der Waals surface area contributed by atoms with Gasteiger partial charge in [0.05, 0.1) is 18.5 Å². The molecule has 0 spiro atoms. The van der Waals surface area contributed by atoms with E-state index >= 15 is 0 Å². The van der Waals surface area contributed by atoms with Crippen LogP contribution < -0.4 is 10.1 Å².